The summed E-state index contributed by atoms with van der Waals surface area (Å²) in [6, 6.07) is 21.4. The average Bonchev–Trinajstić information content (AvgIpc) is 3.24. The van der Waals surface area contributed by atoms with E-state index in [1.165, 1.54) is 5.56 Å². The Bertz CT molecular complexity index is 1230. The molecule has 0 bridgehead atoms. The van der Waals surface area contributed by atoms with Crippen LogP contribution in [-0.4, -0.2) is 49.5 Å². The van der Waals surface area contributed by atoms with Crippen molar-refractivity contribution in [2.24, 2.45) is 4.99 Å². The summed E-state index contributed by atoms with van der Waals surface area (Å²) in [4.78, 5) is 19.6. The molecular weight excluding hydrogens is 427 g/mol. The van der Waals surface area contributed by atoms with Crippen LogP contribution in [0.1, 0.15) is 38.7 Å². The average molecular weight is 457 g/mol. The molecule has 0 saturated carbocycles. The van der Waals surface area contributed by atoms with Crippen LogP contribution >= 0.6 is 0 Å². The number of hydrogen-bond acceptors (Lipinski definition) is 4. The molecular formula is C28H29FN4O. The number of aryl methyl sites for hydroxylation is 1. The van der Waals surface area contributed by atoms with E-state index in [1.807, 2.05) is 48.5 Å². The van der Waals surface area contributed by atoms with Crippen molar-refractivity contribution in [1.29, 1.82) is 0 Å². The molecule has 1 saturated heterocycles. The Hall–Kier alpha value is -3.35. The summed E-state index contributed by atoms with van der Waals surface area (Å²) in [6.45, 7) is 7.07. The molecule has 1 fully saturated rings. The van der Waals surface area contributed by atoms with Gasteiger partial charge in [-0.25, -0.2) is 0 Å². The maximum Gasteiger partial charge on any atom is 0.251 e. The largest absolute Gasteiger partial charge is 0.344 e. The molecule has 5 rings (SSSR count). The van der Waals surface area contributed by atoms with Gasteiger partial charge in [0.05, 0.1) is 12.6 Å². The second-order valence-corrected chi connectivity index (χ2v) is 9.05. The van der Waals surface area contributed by atoms with Crippen LogP contribution in [0.15, 0.2) is 71.7 Å². The molecule has 3 aromatic rings. The molecule has 6 heteroatoms. The van der Waals surface area contributed by atoms with Crippen molar-refractivity contribution in [2.45, 2.75) is 19.5 Å². The van der Waals surface area contributed by atoms with E-state index in [1.54, 1.807) is 0 Å². The summed E-state index contributed by atoms with van der Waals surface area (Å²) in [7, 11) is 0. The van der Waals surface area contributed by atoms with Gasteiger partial charge in [0.25, 0.3) is 5.91 Å². The number of rotatable bonds is 6. The number of aliphatic imine (C=N–C) groups is 1. The van der Waals surface area contributed by atoms with Crippen molar-refractivity contribution in [2.75, 3.05) is 32.7 Å². The van der Waals surface area contributed by atoms with E-state index < -0.39 is 5.97 Å². The van der Waals surface area contributed by atoms with E-state index in [4.69, 9.17) is 0 Å². The topological polar surface area (TPSA) is 56.7 Å². The number of nitrogens with zero attached hydrogens (tertiary/aromatic N) is 2. The molecule has 3 aromatic carbocycles. The number of carbonyl (C=O) groups is 1. The van der Waals surface area contributed by atoms with Gasteiger partial charge in [0, 0.05) is 43.9 Å². The molecule has 0 radical (unpaired) electrons. The van der Waals surface area contributed by atoms with E-state index in [9.17, 15) is 9.18 Å². The predicted octanol–water partition coefficient (Wildman–Crippen LogP) is 4.27. The highest BCUT2D eigenvalue weighted by atomic mass is 19.1. The summed E-state index contributed by atoms with van der Waals surface area (Å²) in [5, 5.41) is 6.66. The monoisotopic (exact) mass is 456 g/mol. The zero-order chi connectivity index (χ0) is 23.5. The predicted molar refractivity (Wildman–Crippen MR) is 134 cm³/mol. The van der Waals surface area contributed by atoms with Crippen molar-refractivity contribution in [3.8, 4) is 11.1 Å². The molecule has 2 N–H and O–H groups in total. The Balaban J connectivity index is 1.38. The fraction of sp³-hybridized carbons (Fsp3) is 0.286. The molecule has 34 heavy (non-hydrogen) atoms. The number of hydrogen-bond donors (Lipinski definition) is 2. The fourth-order valence-electron chi connectivity index (χ4n) is 4.68. The Labute approximate surface area is 199 Å². The van der Waals surface area contributed by atoms with Gasteiger partial charge >= 0.3 is 0 Å². The van der Waals surface area contributed by atoms with E-state index in [0.29, 0.717) is 17.7 Å². The summed E-state index contributed by atoms with van der Waals surface area (Å²) < 4.78 is 14.0. The zero-order valence-corrected chi connectivity index (χ0v) is 19.4. The van der Waals surface area contributed by atoms with Crippen LogP contribution in [0.3, 0.4) is 0 Å². The molecule has 174 valence electrons. The second-order valence-electron chi connectivity index (χ2n) is 9.05. The number of carbonyl (C=O) groups excluding carboxylic acids is 1. The van der Waals surface area contributed by atoms with Crippen LogP contribution < -0.4 is 10.6 Å². The lowest BCUT2D eigenvalue weighted by Crippen LogP contribution is -2.47. The number of halogens is 1. The van der Waals surface area contributed by atoms with Gasteiger partial charge in [-0.3, -0.25) is 14.7 Å². The summed E-state index contributed by atoms with van der Waals surface area (Å²) in [5.74, 6) is -0.531. The Morgan fingerprint density at radius 3 is 2.68 bits per heavy atom. The molecule has 1 atom stereocenters. The quantitative estimate of drug-likeness (QED) is 0.583. The first-order chi connectivity index (χ1) is 16.6. The SMILES string of the molecule is Cc1cccc(C(CN2CCNCC2)NC(=O)c2cccc(-c3ccc4c(c3)C(F)=NC4)c2)c1. The van der Waals surface area contributed by atoms with Gasteiger partial charge in [0.1, 0.15) is 0 Å². The maximum absolute atomic E-state index is 14.0. The van der Waals surface area contributed by atoms with E-state index in [-0.39, 0.29) is 11.9 Å². The third-order valence-corrected chi connectivity index (χ3v) is 6.58. The molecule has 0 aromatic heterocycles. The lowest BCUT2D eigenvalue weighted by molar-refractivity contribution is 0.0921. The van der Waals surface area contributed by atoms with Crippen LogP contribution in [-0.2, 0) is 6.54 Å². The number of piperazine rings is 1. The molecule has 1 amide bonds. The molecule has 2 aliphatic rings. The summed E-state index contributed by atoms with van der Waals surface area (Å²) >= 11 is 0. The Kier molecular flexibility index (Phi) is 6.52. The third-order valence-electron chi connectivity index (χ3n) is 6.58. The second kappa shape index (κ2) is 9.87. The highest BCUT2D eigenvalue weighted by Gasteiger charge is 2.21. The van der Waals surface area contributed by atoms with Crippen molar-refractivity contribution < 1.29 is 9.18 Å². The molecule has 5 nitrogen and oxygen atoms in total. The molecule has 2 heterocycles. The van der Waals surface area contributed by atoms with Gasteiger partial charge in [-0.15, -0.1) is 0 Å². The highest BCUT2D eigenvalue weighted by molar-refractivity contribution is 5.99. The van der Waals surface area contributed by atoms with Gasteiger partial charge in [-0.05, 0) is 47.4 Å². The third kappa shape index (κ3) is 4.93. The van der Waals surface area contributed by atoms with E-state index in [2.05, 4.69) is 45.6 Å². The first-order valence-corrected chi connectivity index (χ1v) is 11.8. The molecule has 1 unspecified atom stereocenters. The molecule has 2 aliphatic heterocycles. The van der Waals surface area contributed by atoms with Gasteiger partial charge in [-0.1, -0.05) is 54.1 Å². The first kappa shape index (κ1) is 22.4. The van der Waals surface area contributed by atoms with Gasteiger partial charge < -0.3 is 10.6 Å². The van der Waals surface area contributed by atoms with Crippen molar-refractivity contribution in [3.05, 3.63) is 94.5 Å². The number of amides is 1. The minimum absolute atomic E-state index is 0.112. The Morgan fingerprint density at radius 2 is 1.85 bits per heavy atom. The fourth-order valence-corrected chi connectivity index (χ4v) is 4.68. The van der Waals surface area contributed by atoms with Crippen molar-refractivity contribution >= 4 is 11.9 Å². The van der Waals surface area contributed by atoms with Crippen molar-refractivity contribution in [3.63, 3.8) is 0 Å². The minimum atomic E-state index is -0.417. The van der Waals surface area contributed by atoms with E-state index >= 15 is 0 Å². The minimum Gasteiger partial charge on any atom is -0.344 e. The van der Waals surface area contributed by atoms with Gasteiger partial charge in [-0.2, -0.15) is 4.39 Å². The van der Waals surface area contributed by atoms with Crippen LogP contribution in [0.4, 0.5) is 4.39 Å². The van der Waals surface area contributed by atoms with Crippen LogP contribution in [0, 0.1) is 6.92 Å². The van der Waals surface area contributed by atoms with Gasteiger partial charge in [0.2, 0.25) is 5.97 Å². The van der Waals surface area contributed by atoms with Crippen LogP contribution in [0.5, 0.6) is 0 Å². The number of fused-ring (bicyclic) bond motifs is 1. The number of benzene rings is 3. The van der Waals surface area contributed by atoms with Crippen molar-refractivity contribution in [1.82, 2.24) is 15.5 Å². The first-order valence-electron chi connectivity index (χ1n) is 11.8. The van der Waals surface area contributed by atoms with Crippen LogP contribution in [0.2, 0.25) is 0 Å². The molecule has 0 aliphatic carbocycles. The lowest BCUT2D eigenvalue weighted by atomic mass is 9.98. The Morgan fingerprint density at radius 1 is 1.06 bits per heavy atom. The number of nitrogens with one attached hydrogen (secondary N) is 2. The van der Waals surface area contributed by atoms with Gasteiger partial charge in [0.15, 0.2) is 0 Å². The normalized spacial score (nSPS) is 16.6. The van der Waals surface area contributed by atoms with E-state index in [0.717, 1.165) is 55.0 Å². The summed E-state index contributed by atoms with van der Waals surface area (Å²) in [6.07, 6.45) is 0. The standard InChI is InChI=1S/C28H29FN4O/c1-19-4-2-6-22(14-19)26(18-33-12-10-30-11-13-33)32-28(34)23-7-3-5-20(15-23)21-8-9-24-17-31-27(29)25(24)16-21/h2-9,14-16,26,30H,10-13,17-18H2,1H3,(H,32,34). The molecule has 0 spiro atoms. The summed E-state index contributed by atoms with van der Waals surface area (Å²) in [5.41, 5.74) is 6.06. The highest BCUT2D eigenvalue weighted by Crippen LogP contribution is 2.28. The maximum atomic E-state index is 14.0. The lowest BCUT2D eigenvalue weighted by Gasteiger charge is -2.31. The van der Waals surface area contributed by atoms with Crippen LogP contribution in [0.25, 0.3) is 11.1 Å². The zero-order valence-electron chi connectivity index (χ0n) is 19.4. The smallest absolute Gasteiger partial charge is 0.251 e.